The Labute approximate surface area is 158 Å². The summed E-state index contributed by atoms with van der Waals surface area (Å²) in [6.07, 6.45) is 1.71. The van der Waals surface area contributed by atoms with Crippen molar-refractivity contribution >= 4 is 11.7 Å². The van der Waals surface area contributed by atoms with Gasteiger partial charge in [-0.1, -0.05) is 24.3 Å². The van der Waals surface area contributed by atoms with Gasteiger partial charge in [-0.3, -0.25) is 4.79 Å². The average Bonchev–Trinajstić information content (AvgIpc) is 2.68. The molecule has 0 radical (unpaired) electrons. The number of nitrogens with one attached hydrogen (secondary N) is 1. The molecule has 0 unspecified atom stereocenters. The SMILES string of the molecule is CC(C)NC(=O)c1ccc(-c2cc(-c3ccc(C#N)cc3)cnc2N)cc1. The predicted octanol–water partition coefficient (Wildman–Crippen LogP) is 4.01. The number of hydrogen-bond donors (Lipinski definition) is 2. The Morgan fingerprint density at radius 3 is 2.26 bits per heavy atom. The molecule has 1 amide bonds. The fourth-order valence-electron chi connectivity index (χ4n) is 2.75. The normalized spacial score (nSPS) is 10.4. The Bertz CT molecular complexity index is 1000. The van der Waals surface area contributed by atoms with Gasteiger partial charge in [-0.25, -0.2) is 4.98 Å². The highest BCUT2D eigenvalue weighted by molar-refractivity contribution is 5.95. The van der Waals surface area contributed by atoms with Crippen LogP contribution < -0.4 is 11.1 Å². The molecule has 27 heavy (non-hydrogen) atoms. The molecule has 5 nitrogen and oxygen atoms in total. The minimum Gasteiger partial charge on any atom is -0.383 e. The number of hydrogen-bond acceptors (Lipinski definition) is 4. The number of nitrogens with two attached hydrogens (primary N) is 1. The lowest BCUT2D eigenvalue weighted by Gasteiger charge is -2.11. The molecular formula is C22H20N4O. The van der Waals surface area contributed by atoms with Crippen LogP contribution in [0.2, 0.25) is 0 Å². The van der Waals surface area contributed by atoms with Crippen LogP contribution in [-0.2, 0) is 0 Å². The van der Waals surface area contributed by atoms with Crippen molar-refractivity contribution in [1.82, 2.24) is 10.3 Å². The maximum Gasteiger partial charge on any atom is 0.251 e. The Morgan fingerprint density at radius 2 is 1.67 bits per heavy atom. The summed E-state index contributed by atoms with van der Waals surface area (Å²) >= 11 is 0. The summed E-state index contributed by atoms with van der Waals surface area (Å²) in [5, 5.41) is 11.8. The second kappa shape index (κ2) is 7.71. The molecule has 0 atom stereocenters. The van der Waals surface area contributed by atoms with Gasteiger partial charge in [0.2, 0.25) is 0 Å². The second-order valence-electron chi connectivity index (χ2n) is 6.55. The Kier molecular flexibility index (Phi) is 5.18. The van der Waals surface area contributed by atoms with E-state index in [0.717, 1.165) is 22.3 Å². The van der Waals surface area contributed by atoms with Gasteiger partial charge in [0.05, 0.1) is 11.6 Å². The van der Waals surface area contributed by atoms with Gasteiger partial charge in [-0.05, 0) is 55.3 Å². The first-order valence-electron chi connectivity index (χ1n) is 8.65. The van der Waals surface area contributed by atoms with Gasteiger partial charge in [0.15, 0.2) is 0 Å². The summed E-state index contributed by atoms with van der Waals surface area (Å²) < 4.78 is 0. The summed E-state index contributed by atoms with van der Waals surface area (Å²) in [4.78, 5) is 16.4. The van der Waals surface area contributed by atoms with Crippen molar-refractivity contribution in [2.75, 3.05) is 5.73 Å². The minimum atomic E-state index is -0.103. The highest BCUT2D eigenvalue weighted by atomic mass is 16.1. The first-order valence-corrected chi connectivity index (χ1v) is 8.65. The molecule has 2 aromatic carbocycles. The van der Waals surface area contributed by atoms with E-state index in [1.165, 1.54) is 0 Å². The third-order valence-electron chi connectivity index (χ3n) is 4.14. The number of carbonyl (C=O) groups excluding carboxylic acids is 1. The summed E-state index contributed by atoms with van der Waals surface area (Å²) in [7, 11) is 0. The van der Waals surface area contributed by atoms with Crippen molar-refractivity contribution in [2.24, 2.45) is 0 Å². The van der Waals surface area contributed by atoms with E-state index in [2.05, 4.69) is 16.4 Å². The maximum atomic E-state index is 12.1. The average molecular weight is 356 g/mol. The number of nitrogen functional groups attached to an aromatic ring is 1. The van der Waals surface area contributed by atoms with Gasteiger partial charge < -0.3 is 11.1 Å². The van der Waals surface area contributed by atoms with Crippen molar-refractivity contribution < 1.29 is 4.79 Å². The first kappa shape index (κ1) is 18.2. The molecule has 0 spiro atoms. The van der Waals surface area contributed by atoms with Crippen molar-refractivity contribution in [1.29, 1.82) is 5.26 Å². The van der Waals surface area contributed by atoms with Crippen LogP contribution in [0.4, 0.5) is 5.82 Å². The summed E-state index contributed by atoms with van der Waals surface area (Å²) in [5.41, 5.74) is 10.8. The number of rotatable bonds is 4. The fraction of sp³-hybridized carbons (Fsp3) is 0.136. The molecule has 3 aromatic rings. The van der Waals surface area contributed by atoms with E-state index in [-0.39, 0.29) is 11.9 Å². The summed E-state index contributed by atoms with van der Waals surface area (Å²) in [6.45, 7) is 3.85. The number of nitrogens with zero attached hydrogens (tertiary/aromatic N) is 2. The molecule has 1 heterocycles. The first-order chi connectivity index (χ1) is 13.0. The number of anilines is 1. The third kappa shape index (κ3) is 4.13. The molecule has 5 heteroatoms. The summed E-state index contributed by atoms with van der Waals surface area (Å²) in [6, 6.07) is 18.8. The molecule has 0 bridgehead atoms. The zero-order chi connectivity index (χ0) is 19.4. The lowest BCUT2D eigenvalue weighted by Crippen LogP contribution is -2.29. The van der Waals surface area contributed by atoms with E-state index in [0.29, 0.717) is 16.9 Å². The molecule has 0 aliphatic carbocycles. The molecule has 3 N–H and O–H groups in total. The van der Waals surface area contributed by atoms with Crippen LogP contribution >= 0.6 is 0 Å². The Hall–Kier alpha value is -3.65. The molecule has 0 saturated carbocycles. The largest absolute Gasteiger partial charge is 0.383 e. The monoisotopic (exact) mass is 356 g/mol. The van der Waals surface area contributed by atoms with Gasteiger partial charge in [0.25, 0.3) is 5.91 Å². The molecule has 134 valence electrons. The van der Waals surface area contributed by atoms with E-state index in [4.69, 9.17) is 11.0 Å². The summed E-state index contributed by atoms with van der Waals surface area (Å²) in [5.74, 6) is 0.320. The van der Waals surface area contributed by atoms with E-state index in [1.807, 2.05) is 44.2 Å². The minimum absolute atomic E-state index is 0.0844. The molecule has 0 fully saturated rings. The van der Waals surface area contributed by atoms with E-state index >= 15 is 0 Å². The van der Waals surface area contributed by atoms with Crippen LogP contribution in [0.5, 0.6) is 0 Å². The van der Waals surface area contributed by atoms with Gasteiger partial charge in [0, 0.05) is 28.9 Å². The van der Waals surface area contributed by atoms with Crippen LogP contribution in [-0.4, -0.2) is 16.9 Å². The van der Waals surface area contributed by atoms with E-state index in [9.17, 15) is 4.79 Å². The van der Waals surface area contributed by atoms with Crippen LogP contribution in [0.3, 0.4) is 0 Å². The van der Waals surface area contributed by atoms with Gasteiger partial charge in [-0.15, -0.1) is 0 Å². The van der Waals surface area contributed by atoms with E-state index in [1.54, 1.807) is 30.5 Å². The molecule has 0 aliphatic rings. The zero-order valence-electron chi connectivity index (χ0n) is 15.2. The lowest BCUT2D eigenvalue weighted by molar-refractivity contribution is 0.0943. The van der Waals surface area contributed by atoms with Gasteiger partial charge in [-0.2, -0.15) is 5.26 Å². The van der Waals surface area contributed by atoms with Gasteiger partial charge in [0.1, 0.15) is 5.82 Å². The van der Waals surface area contributed by atoms with Crippen LogP contribution in [0.1, 0.15) is 29.8 Å². The Morgan fingerprint density at radius 1 is 1.04 bits per heavy atom. The molecule has 1 aromatic heterocycles. The van der Waals surface area contributed by atoms with Crippen LogP contribution in [0.25, 0.3) is 22.3 Å². The molecule has 3 rings (SSSR count). The zero-order valence-corrected chi connectivity index (χ0v) is 15.2. The number of benzene rings is 2. The topological polar surface area (TPSA) is 91.8 Å². The predicted molar refractivity (Wildman–Crippen MR) is 107 cm³/mol. The molecule has 0 saturated heterocycles. The quantitative estimate of drug-likeness (QED) is 0.739. The van der Waals surface area contributed by atoms with E-state index < -0.39 is 0 Å². The number of pyridine rings is 1. The lowest BCUT2D eigenvalue weighted by atomic mass is 9.99. The van der Waals surface area contributed by atoms with Crippen molar-refractivity contribution in [3.63, 3.8) is 0 Å². The highest BCUT2D eigenvalue weighted by Gasteiger charge is 2.10. The second-order valence-corrected chi connectivity index (χ2v) is 6.55. The molecule has 0 aliphatic heterocycles. The number of nitriles is 1. The number of amides is 1. The highest BCUT2D eigenvalue weighted by Crippen LogP contribution is 2.30. The van der Waals surface area contributed by atoms with Crippen LogP contribution in [0.15, 0.2) is 60.8 Å². The van der Waals surface area contributed by atoms with Crippen molar-refractivity contribution in [3.05, 3.63) is 71.9 Å². The fourth-order valence-corrected chi connectivity index (χ4v) is 2.75. The maximum absolute atomic E-state index is 12.1. The van der Waals surface area contributed by atoms with Crippen molar-refractivity contribution in [3.8, 4) is 28.3 Å². The van der Waals surface area contributed by atoms with Crippen molar-refractivity contribution in [2.45, 2.75) is 19.9 Å². The Balaban J connectivity index is 1.92. The molecular weight excluding hydrogens is 336 g/mol. The number of aromatic nitrogens is 1. The standard InChI is InChI=1S/C22H20N4O/c1-14(2)26-22(27)18-9-7-17(8-10-18)20-11-19(13-25-21(20)24)16-5-3-15(12-23)4-6-16/h3-11,13-14H,1-2H3,(H2,24,25)(H,26,27). The smallest absolute Gasteiger partial charge is 0.251 e. The third-order valence-corrected chi connectivity index (χ3v) is 4.14. The number of carbonyl (C=O) groups is 1. The van der Waals surface area contributed by atoms with Crippen LogP contribution in [0, 0.1) is 11.3 Å². The van der Waals surface area contributed by atoms with Gasteiger partial charge >= 0.3 is 0 Å².